The van der Waals surface area contributed by atoms with Gasteiger partial charge in [-0.1, -0.05) is 36.4 Å². The molecule has 0 bridgehead atoms. The molecule has 2 aromatic rings. The van der Waals surface area contributed by atoms with Gasteiger partial charge in [-0.15, -0.1) is 11.8 Å². The quantitative estimate of drug-likeness (QED) is 0.618. The van der Waals surface area contributed by atoms with Crippen LogP contribution >= 0.6 is 11.8 Å². The number of carbonyl (C=O) groups is 2. The number of hydrogen-bond acceptors (Lipinski definition) is 4. The van der Waals surface area contributed by atoms with Gasteiger partial charge >= 0.3 is 5.97 Å². The predicted molar refractivity (Wildman–Crippen MR) is 102 cm³/mol. The molecule has 0 aliphatic carbocycles. The minimum atomic E-state index is -0.364. The summed E-state index contributed by atoms with van der Waals surface area (Å²) < 4.78 is 4.98. The summed E-state index contributed by atoms with van der Waals surface area (Å²) in [6.07, 6.45) is 2.57. The normalized spacial score (nSPS) is 18.7. The Bertz CT molecular complexity index is 809. The van der Waals surface area contributed by atoms with Crippen LogP contribution in [0.25, 0.3) is 0 Å². The Labute approximate surface area is 157 Å². The van der Waals surface area contributed by atoms with Crippen molar-refractivity contribution in [3.8, 4) is 0 Å². The topological polar surface area (TPSA) is 59.8 Å². The third kappa shape index (κ3) is 4.08. The standard InChI is InChI=1S/C20H22N2O3S/c1-25-20(24)17-11-14-7-3-4-8-15(14)12-22(17)13-19(23)21-16-9-5-6-10-18(16)26-2/h3-10,17H,11-13H2,1-2H3,(H,21,23)/p+1/t17-/m0/s1. The Morgan fingerprint density at radius 3 is 2.58 bits per heavy atom. The molecule has 6 heteroatoms. The zero-order valence-electron chi connectivity index (χ0n) is 15.0. The van der Waals surface area contributed by atoms with Crippen molar-refractivity contribution in [2.45, 2.75) is 23.9 Å². The molecule has 1 aliphatic rings. The van der Waals surface area contributed by atoms with E-state index < -0.39 is 0 Å². The molecular weight excluding hydrogens is 348 g/mol. The van der Waals surface area contributed by atoms with Crippen molar-refractivity contribution >= 4 is 29.3 Å². The lowest BCUT2D eigenvalue weighted by Crippen LogP contribution is -3.17. The first-order valence-electron chi connectivity index (χ1n) is 8.54. The Kier molecular flexibility index (Phi) is 5.96. The molecule has 0 aromatic heterocycles. The number of anilines is 1. The summed E-state index contributed by atoms with van der Waals surface area (Å²) in [7, 11) is 1.40. The minimum Gasteiger partial charge on any atom is -0.465 e. The van der Waals surface area contributed by atoms with E-state index in [1.807, 2.05) is 48.7 Å². The van der Waals surface area contributed by atoms with Crippen molar-refractivity contribution in [3.63, 3.8) is 0 Å². The van der Waals surface area contributed by atoms with Gasteiger partial charge in [0.05, 0.1) is 12.8 Å². The number of rotatable bonds is 5. The number of para-hydroxylation sites is 1. The summed E-state index contributed by atoms with van der Waals surface area (Å²) in [4.78, 5) is 26.8. The molecule has 2 atom stereocenters. The average molecular weight is 371 g/mol. The first-order valence-corrected chi connectivity index (χ1v) is 9.77. The number of ether oxygens (including phenoxy) is 1. The van der Waals surface area contributed by atoms with Gasteiger partial charge in [0, 0.05) is 16.9 Å². The summed E-state index contributed by atoms with van der Waals surface area (Å²) in [5, 5.41) is 2.98. The molecule has 5 nitrogen and oxygen atoms in total. The SMILES string of the molecule is COC(=O)[C@@H]1Cc2ccccc2C[NH+]1CC(=O)Nc1ccccc1SC. The van der Waals surface area contributed by atoms with Gasteiger partial charge in [0.15, 0.2) is 12.6 Å². The van der Waals surface area contributed by atoms with Crippen LogP contribution in [0.4, 0.5) is 5.69 Å². The van der Waals surface area contributed by atoms with Crippen molar-refractivity contribution in [3.05, 3.63) is 59.7 Å². The predicted octanol–water partition coefficient (Wildman–Crippen LogP) is 1.53. The fraction of sp³-hybridized carbons (Fsp3) is 0.300. The molecule has 1 unspecified atom stereocenters. The van der Waals surface area contributed by atoms with Gasteiger partial charge in [-0.2, -0.15) is 0 Å². The summed E-state index contributed by atoms with van der Waals surface area (Å²) in [5.41, 5.74) is 3.14. The molecule has 0 radical (unpaired) electrons. The number of thioether (sulfide) groups is 1. The fourth-order valence-corrected chi connectivity index (χ4v) is 3.94. The largest absolute Gasteiger partial charge is 0.465 e. The second-order valence-corrected chi connectivity index (χ2v) is 7.16. The number of carbonyl (C=O) groups excluding carboxylic acids is 2. The van der Waals surface area contributed by atoms with Crippen LogP contribution in [0.5, 0.6) is 0 Å². The molecule has 0 saturated heterocycles. The Morgan fingerprint density at radius 1 is 1.15 bits per heavy atom. The third-order valence-corrected chi connectivity index (χ3v) is 5.50. The molecule has 0 saturated carbocycles. The zero-order chi connectivity index (χ0) is 18.5. The Hall–Kier alpha value is -2.31. The zero-order valence-corrected chi connectivity index (χ0v) is 15.8. The molecular formula is C20H23N2O3S+. The number of hydrogen-bond donors (Lipinski definition) is 2. The number of amides is 1. The minimum absolute atomic E-state index is 0.102. The van der Waals surface area contributed by atoms with Crippen molar-refractivity contribution in [1.82, 2.24) is 0 Å². The van der Waals surface area contributed by atoms with E-state index in [2.05, 4.69) is 11.4 Å². The number of methoxy groups -OCH3 is 1. The van der Waals surface area contributed by atoms with E-state index in [-0.39, 0.29) is 24.5 Å². The maximum Gasteiger partial charge on any atom is 0.365 e. The lowest BCUT2D eigenvalue weighted by molar-refractivity contribution is -0.924. The molecule has 0 spiro atoms. The van der Waals surface area contributed by atoms with Crippen LogP contribution in [0.3, 0.4) is 0 Å². The number of fused-ring (bicyclic) bond motifs is 1. The van der Waals surface area contributed by atoms with Crippen LogP contribution in [0.15, 0.2) is 53.4 Å². The van der Waals surface area contributed by atoms with E-state index in [1.165, 1.54) is 12.7 Å². The molecule has 3 rings (SSSR count). The second kappa shape index (κ2) is 8.38. The average Bonchev–Trinajstić information content (AvgIpc) is 2.67. The van der Waals surface area contributed by atoms with Crippen LogP contribution in [0.1, 0.15) is 11.1 Å². The highest BCUT2D eigenvalue weighted by Crippen LogP contribution is 2.24. The van der Waals surface area contributed by atoms with Crippen molar-refractivity contribution in [2.24, 2.45) is 0 Å². The van der Waals surface area contributed by atoms with Gasteiger partial charge in [0.25, 0.3) is 5.91 Å². The van der Waals surface area contributed by atoms with Crippen molar-refractivity contribution in [2.75, 3.05) is 25.2 Å². The van der Waals surface area contributed by atoms with Crippen LogP contribution in [-0.2, 0) is 27.3 Å². The van der Waals surface area contributed by atoms with Gasteiger partial charge < -0.3 is 15.0 Å². The summed E-state index contributed by atoms with van der Waals surface area (Å²) in [6, 6.07) is 15.4. The number of quaternary nitrogens is 1. The van der Waals surface area contributed by atoms with E-state index in [0.29, 0.717) is 13.0 Å². The smallest absolute Gasteiger partial charge is 0.365 e. The fourth-order valence-electron chi connectivity index (χ4n) is 3.39. The van der Waals surface area contributed by atoms with Crippen LogP contribution in [0, 0.1) is 0 Å². The van der Waals surface area contributed by atoms with Gasteiger partial charge in [-0.25, -0.2) is 4.79 Å². The van der Waals surface area contributed by atoms with Crippen LogP contribution in [0.2, 0.25) is 0 Å². The number of benzene rings is 2. The van der Waals surface area contributed by atoms with Gasteiger partial charge in [0.1, 0.15) is 6.54 Å². The Balaban J connectivity index is 1.75. The molecule has 26 heavy (non-hydrogen) atoms. The van der Waals surface area contributed by atoms with E-state index in [1.54, 1.807) is 11.8 Å². The lowest BCUT2D eigenvalue weighted by atomic mass is 9.94. The Morgan fingerprint density at radius 2 is 1.85 bits per heavy atom. The first kappa shape index (κ1) is 18.5. The number of nitrogens with one attached hydrogen (secondary N) is 2. The molecule has 0 fully saturated rings. The maximum absolute atomic E-state index is 12.6. The molecule has 1 aliphatic heterocycles. The third-order valence-electron chi connectivity index (χ3n) is 4.71. The maximum atomic E-state index is 12.6. The first-order chi connectivity index (χ1) is 12.6. The van der Waals surface area contributed by atoms with E-state index in [4.69, 9.17) is 4.74 Å². The number of esters is 1. The van der Waals surface area contributed by atoms with E-state index in [9.17, 15) is 9.59 Å². The van der Waals surface area contributed by atoms with Crippen LogP contribution in [-0.4, -0.2) is 37.8 Å². The van der Waals surface area contributed by atoms with Gasteiger partial charge in [-0.3, -0.25) is 4.79 Å². The molecule has 2 N–H and O–H groups in total. The second-order valence-electron chi connectivity index (χ2n) is 6.31. The molecule has 1 amide bonds. The summed E-state index contributed by atoms with van der Waals surface area (Å²) in [5.74, 6) is -0.374. The van der Waals surface area contributed by atoms with E-state index in [0.717, 1.165) is 21.0 Å². The molecule has 2 aromatic carbocycles. The lowest BCUT2D eigenvalue weighted by Gasteiger charge is -2.31. The monoisotopic (exact) mass is 371 g/mol. The molecule has 1 heterocycles. The highest BCUT2D eigenvalue weighted by Gasteiger charge is 2.37. The highest BCUT2D eigenvalue weighted by molar-refractivity contribution is 7.98. The van der Waals surface area contributed by atoms with Crippen LogP contribution < -0.4 is 10.2 Å². The highest BCUT2D eigenvalue weighted by atomic mass is 32.2. The van der Waals surface area contributed by atoms with Crippen molar-refractivity contribution in [1.29, 1.82) is 0 Å². The van der Waals surface area contributed by atoms with Gasteiger partial charge in [-0.05, 0) is 24.0 Å². The van der Waals surface area contributed by atoms with Gasteiger partial charge in [0.2, 0.25) is 0 Å². The van der Waals surface area contributed by atoms with Crippen molar-refractivity contribution < 1.29 is 19.2 Å². The molecule has 136 valence electrons. The summed E-state index contributed by atoms with van der Waals surface area (Å²) >= 11 is 1.59. The summed E-state index contributed by atoms with van der Waals surface area (Å²) in [6.45, 7) is 0.852. The van der Waals surface area contributed by atoms with E-state index >= 15 is 0 Å².